The topological polar surface area (TPSA) is 41.0 Å². The molecule has 0 spiro atoms. The Hall–Kier alpha value is -2.22. The number of halogens is 3. The van der Waals surface area contributed by atoms with Gasteiger partial charge in [-0.2, -0.15) is 8.78 Å². The summed E-state index contributed by atoms with van der Waals surface area (Å²) in [5.74, 6) is 0.925. The Labute approximate surface area is 166 Å². The Bertz CT molecular complexity index is 784. The molecular formula is C19H23BrF2N4O. The Morgan fingerprint density at radius 2 is 1.93 bits per heavy atom. The van der Waals surface area contributed by atoms with Crippen molar-refractivity contribution in [2.24, 2.45) is 4.99 Å². The van der Waals surface area contributed by atoms with E-state index in [0.29, 0.717) is 6.54 Å². The Morgan fingerprint density at radius 1 is 1.26 bits per heavy atom. The molecule has 0 unspecified atom stereocenters. The maximum absolute atomic E-state index is 12.2. The lowest BCUT2D eigenvalue weighted by molar-refractivity contribution is -0.0498. The first-order chi connectivity index (χ1) is 12.8. The third-order valence-corrected chi connectivity index (χ3v) is 4.53. The molecule has 146 valence electrons. The quantitative estimate of drug-likeness (QED) is 0.427. The summed E-state index contributed by atoms with van der Waals surface area (Å²) in [7, 11) is 3.88. The highest BCUT2D eigenvalue weighted by atomic mass is 79.9. The molecule has 27 heavy (non-hydrogen) atoms. The molecule has 5 nitrogen and oxygen atoms in total. The van der Waals surface area contributed by atoms with Crippen molar-refractivity contribution in [3.8, 4) is 5.75 Å². The number of pyridine rings is 1. The van der Waals surface area contributed by atoms with Crippen molar-refractivity contribution >= 4 is 33.8 Å². The number of hydrogen-bond acceptors (Lipinski definition) is 4. The van der Waals surface area contributed by atoms with E-state index in [-0.39, 0.29) is 5.75 Å². The van der Waals surface area contributed by atoms with Gasteiger partial charge in [0.15, 0.2) is 0 Å². The molecule has 0 aliphatic heterocycles. The summed E-state index contributed by atoms with van der Waals surface area (Å²) in [5, 5.41) is 0. The summed E-state index contributed by atoms with van der Waals surface area (Å²) < 4.78 is 29.7. The van der Waals surface area contributed by atoms with Crippen LogP contribution >= 0.6 is 15.9 Å². The fourth-order valence-electron chi connectivity index (χ4n) is 2.32. The number of alkyl halides is 2. The number of nitrogens with zero attached hydrogens (tertiary/aromatic N) is 4. The van der Waals surface area contributed by atoms with E-state index in [2.05, 4.69) is 37.6 Å². The van der Waals surface area contributed by atoms with Crippen molar-refractivity contribution in [1.29, 1.82) is 0 Å². The van der Waals surface area contributed by atoms with Crippen LogP contribution in [0.15, 0.2) is 39.8 Å². The van der Waals surface area contributed by atoms with Gasteiger partial charge in [0.25, 0.3) is 0 Å². The highest BCUT2D eigenvalue weighted by Gasteiger charge is 2.12. The van der Waals surface area contributed by atoms with Gasteiger partial charge in [-0.05, 0) is 53.5 Å². The highest BCUT2D eigenvalue weighted by Crippen LogP contribution is 2.30. The smallest absolute Gasteiger partial charge is 0.387 e. The number of aliphatic imine (C=N–C) groups is 1. The second-order valence-corrected chi connectivity index (χ2v) is 6.95. The Morgan fingerprint density at radius 3 is 2.52 bits per heavy atom. The minimum atomic E-state index is -2.82. The maximum atomic E-state index is 12.2. The Kier molecular flexibility index (Phi) is 7.53. The zero-order valence-electron chi connectivity index (χ0n) is 15.8. The maximum Gasteiger partial charge on any atom is 0.387 e. The van der Waals surface area contributed by atoms with E-state index < -0.39 is 6.61 Å². The molecule has 8 heteroatoms. The molecule has 0 aliphatic carbocycles. The molecule has 0 N–H and O–H groups in total. The van der Waals surface area contributed by atoms with Gasteiger partial charge in [-0.1, -0.05) is 12.1 Å². The van der Waals surface area contributed by atoms with Gasteiger partial charge in [0.1, 0.15) is 11.6 Å². The fourth-order valence-corrected chi connectivity index (χ4v) is 2.93. The number of benzene rings is 1. The SMILES string of the molecule is CCN(C)/C=N/c1cc(Br)c(N(C)Cc2ccc(OC(F)F)cc2)nc1C. The molecule has 0 amide bonds. The minimum Gasteiger partial charge on any atom is -0.435 e. The lowest BCUT2D eigenvalue weighted by Gasteiger charge is -2.21. The van der Waals surface area contributed by atoms with Crippen LogP contribution in [0, 0.1) is 6.92 Å². The van der Waals surface area contributed by atoms with Crippen LogP contribution in [0.2, 0.25) is 0 Å². The monoisotopic (exact) mass is 440 g/mol. The summed E-state index contributed by atoms with van der Waals surface area (Å²) in [6.07, 6.45) is 1.78. The van der Waals surface area contributed by atoms with Gasteiger partial charge < -0.3 is 14.5 Å². The Balaban J connectivity index is 2.13. The minimum absolute atomic E-state index is 0.144. The van der Waals surface area contributed by atoms with Gasteiger partial charge >= 0.3 is 6.61 Å². The summed E-state index contributed by atoms with van der Waals surface area (Å²) in [6, 6.07) is 8.52. The van der Waals surface area contributed by atoms with Gasteiger partial charge in [-0.25, -0.2) is 9.98 Å². The molecule has 0 radical (unpaired) electrons. The van der Waals surface area contributed by atoms with E-state index in [9.17, 15) is 8.78 Å². The predicted octanol–water partition coefficient (Wildman–Crippen LogP) is 5.00. The van der Waals surface area contributed by atoms with Crippen LogP contribution in [0.4, 0.5) is 20.3 Å². The molecular weight excluding hydrogens is 418 g/mol. The van der Waals surface area contributed by atoms with Crippen LogP contribution in [0.3, 0.4) is 0 Å². The molecule has 2 aromatic rings. The van der Waals surface area contributed by atoms with Crippen LogP contribution in [-0.4, -0.2) is 43.5 Å². The third-order valence-electron chi connectivity index (χ3n) is 3.94. The van der Waals surface area contributed by atoms with Crippen LogP contribution in [0.1, 0.15) is 18.2 Å². The van der Waals surface area contributed by atoms with Crippen molar-refractivity contribution in [3.05, 3.63) is 46.1 Å². The lowest BCUT2D eigenvalue weighted by Crippen LogP contribution is -2.18. The van der Waals surface area contributed by atoms with Crippen molar-refractivity contribution in [2.45, 2.75) is 27.0 Å². The zero-order valence-corrected chi connectivity index (χ0v) is 17.4. The average molecular weight is 441 g/mol. The highest BCUT2D eigenvalue weighted by molar-refractivity contribution is 9.10. The van der Waals surface area contributed by atoms with Crippen molar-refractivity contribution in [3.63, 3.8) is 0 Å². The summed E-state index contributed by atoms with van der Waals surface area (Å²) in [6.45, 7) is 2.59. The van der Waals surface area contributed by atoms with Crippen molar-refractivity contribution in [1.82, 2.24) is 9.88 Å². The van der Waals surface area contributed by atoms with Crippen LogP contribution < -0.4 is 9.64 Å². The van der Waals surface area contributed by atoms with Crippen LogP contribution in [0.5, 0.6) is 5.75 Å². The normalized spacial score (nSPS) is 11.3. The van der Waals surface area contributed by atoms with Crippen molar-refractivity contribution in [2.75, 3.05) is 25.5 Å². The molecule has 1 heterocycles. The standard InChI is InChI=1S/C19H23BrF2N4O/c1-5-25(3)12-23-17-10-16(20)18(24-13(17)2)26(4)11-14-6-8-15(9-7-14)27-19(21)22/h6-10,12,19H,5,11H2,1-4H3/b23-12+. The first-order valence-corrected chi connectivity index (χ1v) is 9.26. The summed E-state index contributed by atoms with van der Waals surface area (Å²) >= 11 is 3.56. The average Bonchev–Trinajstić information content (AvgIpc) is 2.62. The molecule has 0 saturated carbocycles. The van der Waals surface area contributed by atoms with E-state index in [1.807, 2.05) is 36.9 Å². The molecule has 1 aromatic carbocycles. The second kappa shape index (κ2) is 9.64. The van der Waals surface area contributed by atoms with Crippen molar-refractivity contribution < 1.29 is 13.5 Å². The molecule has 0 saturated heterocycles. The molecule has 0 aliphatic rings. The van der Waals surface area contributed by atoms with E-state index in [0.717, 1.165) is 33.8 Å². The number of aryl methyl sites for hydroxylation is 1. The fraction of sp³-hybridized carbons (Fsp3) is 0.368. The van der Waals surface area contributed by atoms with Gasteiger partial charge in [0.05, 0.1) is 22.2 Å². The zero-order chi connectivity index (χ0) is 20.0. The number of ether oxygens (including phenoxy) is 1. The number of anilines is 1. The molecule has 0 atom stereocenters. The molecule has 1 aromatic heterocycles. The molecule has 2 rings (SSSR count). The van der Waals surface area contributed by atoms with E-state index >= 15 is 0 Å². The van der Waals surface area contributed by atoms with E-state index in [1.165, 1.54) is 12.1 Å². The number of hydrogen-bond donors (Lipinski definition) is 0. The van der Waals surface area contributed by atoms with Gasteiger partial charge in [0.2, 0.25) is 0 Å². The largest absolute Gasteiger partial charge is 0.435 e. The molecule has 0 bridgehead atoms. The van der Waals surface area contributed by atoms with Crippen LogP contribution in [0.25, 0.3) is 0 Å². The summed E-state index contributed by atoms with van der Waals surface area (Å²) in [5.41, 5.74) is 2.58. The number of aromatic nitrogens is 1. The third kappa shape index (κ3) is 6.16. The van der Waals surface area contributed by atoms with Gasteiger partial charge in [0, 0.05) is 27.2 Å². The van der Waals surface area contributed by atoms with E-state index in [1.54, 1.807) is 18.5 Å². The first-order valence-electron chi connectivity index (χ1n) is 8.46. The first kappa shape index (κ1) is 21.1. The predicted molar refractivity (Wildman–Crippen MR) is 108 cm³/mol. The second-order valence-electron chi connectivity index (χ2n) is 6.09. The van der Waals surface area contributed by atoms with E-state index in [4.69, 9.17) is 0 Å². The van der Waals surface area contributed by atoms with Crippen LogP contribution in [-0.2, 0) is 6.54 Å². The number of rotatable bonds is 8. The van der Waals surface area contributed by atoms with Gasteiger partial charge in [-0.15, -0.1) is 0 Å². The van der Waals surface area contributed by atoms with Gasteiger partial charge in [-0.3, -0.25) is 0 Å². The lowest BCUT2D eigenvalue weighted by atomic mass is 10.2. The summed E-state index contributed by atoms with van der Waals surface area (Å²) in [4.78, 5) is 13.1. The molecule has 0 fully saturated rings.